The number of ether oxygens (including phenoxy) is 3. The fourth-order valence-electron chi connectivity index (χ4n) is 2.41. The number of carbonyl (C=O) groups is 2. The summed E-state index contributed by atoms with van der Waals surface area (Å²) in [6.07, 6.45) is 0. The summed E-state index contributed by atoms with van der Waals surface area (Å²) in [5.41, 5.74) is 1.00. The summed E-state index contributed by atoms with van der Waals surface area (Å²) < 4.78 is 28.8. The molecule has 0 aromatic heterocycles. The molecule has 1 N–H and O–H groups in total. The monoisotopic (exact) mass is 375 g/mol. The molecule has 1 unspecified atom stereocenters. The Balaban J connectivity index is 2.07. The Hall–Kier alpha value is -3.09. The molecule has 2 aromatic carbocycles. The highest BCUT2D eigenvalue weighted by Gasteiger charge is 2.15. The highest BCUT2D eigenvalue weighted by Crippen LogP contribution is 2.30. The average Bonchev–Trinajstić information content (AvgIpc) is 2.66. The number of hydrogen-bond acceptors (Lipinski definition) is 5. The molecule has 7 heteroatoms. The number of carbonyl (C=O) groups excluding carboxylic acids is 2. The largest absolute Gasteiger partial charge is 0.493 e. The molecule has 0 aliphatic carbocycles. The van der Waals surface area contributed by atoms with Crippen molar-refractivity contribution in [3.63, 3.8) is 0 Å². The molecule has 6 nitrogen and oxygen atoms in total. The molecule has 1 atom stereocenters. The maximum absolute atomic E-state index is 13.3. The maximum Gasteiger partial charge on any atom is 0.344 e. The van der Waals surface area contributed by atoms with Crippen LogP contribution in [0, 0.1) is 5.82 Å². The van der Waals surface area contributed by atoms with Gasteiger partial charge in [0.05, 0.1) is 19.8 Å². The third-order valence-electron chi connectivity index (χ3n) is 3.77. The smallest absolute Gasteiger partial charge is 0.344 e. The number of hydrogen-bond donors (Lipinski definition) is 1. The Kier molecular flexibility index (Phi) is 7.16. The average molecular weight is 375 g/mol. The Morgan fingerprint density at radius 1 is 1.15 bits per heavy atom. The Labute approximate surface area is 157 Å². The number of amides is 1. The van der Waals surface area contributed by atoms with Crippen LogP contribution in [0.1, 0.15) is 35.8 Å². The van der Waals surface area contributed by atoms with Crippen LogP contribution < -0.4 is 14.8 Å². The van der Waals surface area contributed by atoms with Crippen LogP contribution in [-0.2, 0) is 9.53 Å². The normalized spacial score (nSPS) is 11.4. The van der Waals surface area contributed by atoms with Crippen molar-refractivity contribution in [2.45, 2.75) is 19.9 Å². The van der Waals surface area contributed by atoms with Gasteiger partial charge in [-0.2, -0.15) is 0 Å². The Morgan fingerprint density at radius 2 is 1.93 bits per heavy atom. The van der Waals surface area contributed by atoms with Crippen molar-refractivity contribution in [2.24, 2.45) is 0 Å². The van der Waals surface area contributed by atoms with Gasteiger partial charge in [-0.1, -0.05) is 12.1 Å². The molecule has 0 aliphatic heterocycles. The van der Waals surface area contributed by atoms with Gasteiger partial charge < -0.3 is 19.5 Å². The Morgan fingerprint density at radius 3 is 2.59 bits per heavy atom. The molecule has 0 fully saturated rings. The molecule has 27 heavy (non-hydrogen) atoms. The summed E-state index contributed by atoms with van der Waals surface area (Å²) in [7, 11) is 1.48. The summed E-state index contributed by atoms with van der Waals surface area (Å²) in [5.74, 6) is -0.523. The zero-order valence-corrected chi connectivity index (χ0v) is 15.5. The lowest BCUT2D eigenvalue weighted by Crippen LogP contribution is -2.26. The van der Waals surface area contributed by atoms with E-state index in [2.05, 4.69) is 5.32 Å². The van der Waals surface area contributed by atoms with E-state index in [-0.39, 0.29) is 30.7 Å². The van der Waals surface area contributed by atoms with E-state index in [1.165, 1.54) is 31.4 Å². The van der Waals surface area contributed by atoms with E-state index in [0.29, 0.717) is 11.5 Å². The van der Waals surface area contributed by atoms with Gasteiger partial charge in [-0.3, -0.25) is 4.79 Å². The first kappa shape index (κ1) is 20.2. The lowest BCUT2D eigenvalue weighted by atomic mass is 10.1. The summed E-state index contributed by atoms with van der Waals surface area (Å²) >= 11 is 0. The summed E-state index contributed by atoms with van der Waals surface area (Å²) in [6.45, 7) is 3.56. The molecule has 144 valence electrons. The zero-order chi connectivity index (χ0) is 19.8. The van der Waals surface area contributed by atoms with Crippen molar-refractivity contribution < 1.29 is 28.2 Å². The van der Waals surface area contributed by atoms with E-state index in [9.17, 15) is 14.0 Å². The van der Waals surface area contributed by atoms with Gasteiger partial charge in [0, 0.05) is 5.56 Å². The van der Waals surface area contributed by atoms with Crippen LogP contribution in [0.25, 0.3) is 0 Å². The van der Waals surface area contributed by atoms with Crippen LogP contribution >= 0.6 is 0 Å². The van der Waals surface area contributed by atoms with Crippen molar-refractivity contribution >= 4 is 11.9 Å². The SMILES string of the molecule is CCOC(=O)COc1ccc(C(C)NC(=O)c2cccc(F)c2)cc1OC. The number of methoxy groups -OCH3 is 1. The van der Waals surface area contributed by atoms with Gasteiger partial charge >= 0.3 is 5.97 Å². The fraction of sp³-hybridized carbons (Fsp3) is 0.300. The van der Waals surface area contributed by atoms with E-state index in [4.69, 9.17) is 14.2 Å². The molecule has 2 aromatic rings. The topological polar surface area (TPSA) is 73.9 Å². The zero-order valence-electron chi connectivity index (χ0n) is 15.5. The predicted octanol–water partition coefficient (Wildman–Crippen LogP) is 3.27. The highest BCUT2D eigenvalue weighted by molar-refractivity contribution is 5.94. The van der Waals surface area contributed by atoms with Crippen molar-refractivity contribution in [1.29, 1.82) is 0 Å². The summed E-state index contributed by atoms with van der Waals surface area (Å²) in [5, 5.41) is 2.80. The second kappa shape index (κ2) is 9.56. The van der Waals surface area contributed by atoms with Crippen LogP contribution in [0.15, 0.2) is 42.5 Å². The standard InChI is InChI=1S/C20H22FNO5/c1-4-26-19(23)12-27-17-9-8-14(11-18(17)25-3)13(2)22-20(24)15-6-5-7-16(21)10-15/h5-11,13H,4,12H2,1-3H3,(H,22,24). The molecular formula is C20H22FNO5. The van der Waals surface area contributed by atoms with Crippen molar-refractivity contribution in [1.82, 2.24) is 5.32 Å². The molecular weight excluding hydrogens is 353 g/mol. The van der Waals surface area contributed by atoms with Gasteiger partial charge in [-0.05, 0) is 49.7 Å². The first-order valence-corrected chi connectivity index (χ1v) is 8.47. The van der Waals surface area contributed by atoms with Gasteiger partial charge in [-0.25, -0.2) is 9.18 Å². The van der Waals surface area contributed by atoms with Gasteiger partial charge in [0.15, 0.2) is 18.1 Å². The van der Waals surface area contributed by atoms with Crippen LogP contribution in [0.4, 0.5) is 4.39 Å². The van der Waals surface area contributed by atoms with Gasteiger partial charge in [0.1, 0.15) is 5.82 Å². The van der Waals surface area contributed by atoms with Crippen molar-refractivity contribution in [3.05, 3.63) is 59.4 Å². The minimum absolute atomic E-state index is 0.227. The van der Waals surface area contributed by atoms with Crippen LogP contribution in [0.5, 0.6) is 11.5 Å². The third kappa shape index (κ3) is 5.70. The third-order valence-corrected chi connectivity index (χ3v) is 3.77. The molecule has 2 rings (SSSR count). The van der Waals surface area contributed by atoms with E-state index >= 15 is 0 Å². The summed E-state index contributed by atoms with van der Waals surface area (Å²) in [4.78, 5) is 23.7. The second-order valence-corrected chi connectivity index (χ2v) is 5.71. The van der Waals surface area contributed by atoms with Crippen LogP contribution in [-0.4, -0.2) is 32.2 Å². The molecule has 0 heterocycles. The van der Waals surface area contributed by atoms with Gasteiger partial charge in [0.2, 0.25) is 0 Å². The first-order valence-electron chi connectivity index (χ1n) is 8.47. The molecule has 0 saturated carbocycles. The maximum atomic E-state index is 13.3. The van der Waals surface area contributed by atoms with Gasteiger partial charge in [-0.15, -0.1) is 0 Å². The molecule has 0 aliphatic rings. The number of benzene rings is 2. The Bertz CT molecular complexity index is 809. The fourth-order valence-corrected chi connectivity index (χ4v) is 2.41. The number of halogens is 1. The summed E-state index contributed by atoms with van der Waals surface area (Å²) in [6, 6.07) is 10.2. The molecule has 0 radical (unpaired) electrons. The molecule has 0 saturated heterocycles. The molecule has 1 amide bonds. The quantitative estimate of drug-likeness (QED) is 0.717. The van der Waals surface area contributed by atoms with E-state index < -0.39 is 11.8 Å². The van der Waals surface area contributed by atoms with Crippen LogP contribution in [0.2, 0.25) is 0 Å². The van der Waals surface area contributed by atoms with E-state index in [1.807, 2.05) is 0 Å². The number of nitrogens with one attached hydrogen (secondary N) is 1. The lowest BCUT2D eigenvalue weighted by Gasteiger charge is -2.17. The highest BCUT2D eigenvalue weighted by atomic mass is 19.1. The lowest BCUT2D eigenvalue weighted by molar-refractivity contribution is -0.145. The number of rotatable bonds is 8. The van der Waals surface area contributed by atoms with E-state index in [0.717, 1.165) is 5.56 Å². The van der Waals surface area contributed by atoms with Crippen molar-refractivity contribution in [3.8, 4) is 11.5 Å². The first-order chi connectivity index (χ1) is 12.9. The second-order valence-electron chi connectivity index (χ2n) is 5.71. The molecule has 0 bridgehead atoms. The molecule has 0 spiro atoms. The number of esters is 1. The van der Waals surface area contributed by atoms with Crippen LogP contribution in [0.3, 0.4) is 0 Å². The van der Waals surface area contributed by atoms with Crippen molar-refractivity contribution in [2.75, 3.05) is 20.3 Å². The van der Waals surface area contributed by atoms with E-state index in [1.54, 1.807) is 32.0 Å². The minimum atomic E-state index is -0.473. The minimum Gasteiger partial charge on any atom is -0.493 e. The predicted molar refractivity (Wildman–Crippen MR) is 97.4 cm³/mol. The van der Waals surface area contributed by atoms with Gasteiger partial charge in [0.25, 0.3) is 5.91 Å².